The summed E-state index contributed by atoms with van der Waals surface area (Å²) in [6.07, 6.45) is -3.03. The van der Waals surface area contributed by atoms with E-state index < -0.39 is 58.2 Å². The van der Waals surface area contributed by atoms with Gasteiger partial charge in [0.15, 0.2) is 31.8 Å². The molecule has 1 saturated heterocycles. The Kier molecular flexibility index (Phi) is 23.9. The summed E-state index contributed by atoms with van der Waals surface area (Å²) in [6.45, 7) is 15.7. The van der Waals surface area contributed by atoms with E-state index in [1.165, 1.54) is 28.7 Å². The Morgan fingerprint density at radius 2 is 1.43 bits per heavy atom. The number of H-pyrrole nitrogens is 1. The highest BCUT2D eigenvalue weighted by Gasteiger charge is 2.55. The molecule has 1 aliphatic rings. The number of amides is 1. The lowest BCUT2D eigenvalue weighted by molar-refractivity contribution is -0.194. The summed E-state index contributed by atoms with van der Waals surface area (Å²) in [7, 11) is 13.6. The molecule has 1 aliphatic heterocycles. The van der Waals surface area contributed by atoms with Gasteiger partial charge in [0.05, 0.1) is 20.0 Å². The smallest absolute Gasteiger partial charge is 0.489 e. The van der Waals surface area contributed by atoms with E-state index in [4.69, 9.17) is 45.5 Å². The first-order chi connectivity index (χ1) is 33.4. The fourth-order valence-electron chi connectivity index (χ4n) is 6.72. The maximum atomic E-state index is 13.2. The Morgan fingerprint density at radius 1 is 0.886 bits per heavy atom. The highest BCUT2D eigenvalue weighted by Crippen LogP contribution is 2.46. The normalized spacial score (nSPS) is 17.7. The van der Waals surface area contributed by atoms with Crippen LogP contribution in [0.25, 0.3) is 11.2 Å². The molecule has 2 N–H and O–H groups in total. The molecule has 3 unspecified atom stereocenters. The largest absolute Gasteiger partial charge is 0.566 e. The first kappa shape index (κ1) is 59.1. The van der Waals surface area contributed by atoms with Gasteiger partial charge in [-0.25, -0.2) is 4.98 Å². The molecule has 5 aromatic rings. The first-order valence-electron chi connectivity index (χ1n) is 20.8. The van der Waals surface area contributed by atoms with Crippen LogP contribution in [0.5, 0.6) is 5.75 Å². The van der Waals surface area contributed by atoms with E-state index in [0.717, 1.165) is 22.3 Å². The van der Waals surface area contributed by atoms with Crippen LogP contribution in [-0.4, -0.2) is 65.8 Å². The summed E-state index contributed by atoms with van der Waals surface area (Å²) < 4.78 is 46.3. The maximum Gasteiger partial charge on any atom is 0.489 e. The van der Waals surface area contributed by atoms with Gasteiger partial charge in [-0.2, -0.15) is 4.98 Å². The standard InChI is InChI=1S/C41H50N5O9PSi.S13/c1-25(2)36(47)44-39-43-35-32(37(48)45-39)42-24-46(35)38-34(54-56(49)50)33(55-57(8,9)40(4,5)6)31(53-38)23-52-41(27-13-11-10-12-14-27,28-17-15-26(3)16-18-28)29-19-21-30(51-7)22-20-29;1-3-5-7-9-11-13-12-10-8-6-4-2/h10-22,24-25,31,33-34,38H,23H2,1-9H3,(H2,43,44,45,47,48);/t31-,33?,34+,38-,41?;/m1./s1. The van der Waals surface area contributed by atoms with E-state index in [0.29, 0.717) is 5.75 Å². The quantitative estimate of drug-likeness (QED) is 0.0683. The van der Waals surface area contributed by atoms with Crippen LogP contribution in [0.3, 0.4) is 0 Å². The molecule has 380 valence electrons. The summed E-state index contributed by atoms with van der Waals surface area (Å²) in [6, 6.07) is 25.6. The number of carbonyl (C=O) groups is 1. The molecule has 3 aromatic carbocycles. The van der Waals surface area contributed by atoms with E-state index in [-0.39, 0.29) is 34.7 Å². The van der Waals surface area contributed by atoms with E-state index in [9.17, 15) is 19.0 Å². The number of aryl methyl sites for hydroxylation is 1. The highest BCUT2D eigenvalue weighted by atomic mass is 33.5. The third-order valence-electron chi connectivity index (χ3n) is 11.1. The van der Waals surface area contributed by atoms with Crippen molar-refractivity contribution in [3.63, 3.8) is 0 Å². The van der Waals surface area contributed by atoms with E-state index >= 15 is 0 Å². The van der Waals surface area contributed by atoms with Crippen molar-refractivity contribution < 1.29 is 37.4 Å². The van der Waals surface area contributed by atoms with Crippen LogP contribution in [0.1, 0.15) is 63.1 Å². The number of nitrogens with zero attached hydrogens (tertiary/aromatic N) is 3. The Morgan fingerprint density at radius 3 is 1.94 bits per heavy atom. The first-order valence-corrected chi connectivity index (χ1v) is 40.8. The van der Waals surface area contributed by atoms with Crippen LogP contribution in [0, 0.1) is 12.8 Å². The molecule has 29 heteroatoms. The lowest BCUT2D eigenvalue weighted by Gasteiger charge is -2.41. The molecular formula is C41H50N5O9PS13Si. The molecule has 1 amide bonds. The fraction of sp³-hybridized carbons (Fsp3) is 0.415. The van der Waals surface area contributed by atoms with Crippen molar-refractivity contribution in [3.05, 3.63) is 118 Å². The topological polar surface area (TPSA) is 179 Å². The Labute approximate surface area is 450 Å². The number of hydrogen-bond donors (Lipinski definition) is 2. The molecule has 70 heavy (non-hydrogen) atoms. The maximum absolute atomic E-state index is 13.2. The average Bonchev–Trinajstić information content (AvgIpc) is 3.89. The van der Waals surface area contributed by atoms with Crippen LogP contribution < -0.4 is 20.5 Å². The zero-order valence-corrected chi connectivity index (χ0v) is 51.5. The van der Waals surface area contributed by atoms with Gasteiger partial charge in [-0.05, 0) is 58.4 Å². The molecule has 0 radical (unpaired) electrons. The molecule has 0 spiro atoms. The number of nitrogens with one attached hydrogen (secondary N) is 2. The van der Waals surface area contributed by atoms with Crippen molar-refractivity contribution in [2.75, 3.05) is 19.0 Å². The minimum atomic E-state index is -3.43. The number of ether oxygens (including phenoxy) is 3. The molecule has 3 heterocycles. The molecule has 1 fully saturated rings. The molecule has 2 aromatic heterocycles. The van der Waals surface area contributed by atoms with Crippen molar-refractivity contribution in [2.45, 2.75) is 89.8 Å². The van der Waals surface area contributed by atoms with Crippen LogP contribution in [0.15, 0.2) is 90.0 Å². The molecule has 0 bridgehead atoms. The minimum absolute atomic E-state index is 0.0432. The van der Waals surface area contributed by atoms with E-state index in [1.54, 1.807) is 101 Å². The second-order valence-electron chi connectivity index (χ2n) is 16.8. The van der Waals surface area contributed by atoms with Gasteiger partial charge < -0.3 is 23.5 Å². The second-order valence-corrected chi connectivity index (χ2v) is 41.7. The number of hydrogen-bond acceptors (Lipinski definition) is 13. The third-order valence-corrected chi connectivity index (χ3v) is 38.2. The number of anilines is 1. The van der Waals surface area contributed by atoms with E-state index in [2.05, 4.69) is 54.1 Å². The number of methoxy groups -OCH3 is 1. The van der Waals surface area contributed by atoms with Crippen molar-refractivity contribution in [3.8, 4) is 5.75 Å². The Balaban J connectivity index is 0.000000614. The van der Waals surface area contributed by atoms with Crippen molar-refractivity contribution in [2.24, 2.45) is 5.92 Å². The number of aromatic amines is 1. The summed E-state index contributed by atoms with van der Waals surface area (Å²) >= 11 is 9.40. The summed E-state index contributed by atoms with van der Waals surface area (Å²) in [5.74, 6) is -0.182. The van der Waals surface area contributed by atoms with Crippen LogP contribution in [0.4, 0.5) is 5.95 Å². The predicted octanol–water partition coefficient (Wildman–Crippen LogP) is 6.70. The van der Waals surface area contributed by atoms with Gasteiger partial charge >= 0.3 is 8.25 Å². The third kappa shape index (κ3) is 15.9. The highest BCUT2D eigenvalue weighted by molar-refractivity contribution is 8.75. The molecule has 0 aliphatic carbocycles. The number of imidazole rings is 1. The Bertz CT molecular complexity index is 3180. The van der Waals surface area contributed by atoms with Gasteiger partial charge in [-0.3, -0.25) is 24.5 Å². The number of benzene rings is 3. The summed E-state index contributed by atoms with van der Waals surface area (Å²) in [5, 5.41) is 2.33. The van der Waals surface area contributed by atoms with Gasteiger partial charge in [0.25, 0.3) is 5.56 Å². The van der Waals surface area contributed by atoms with Gasteiger partial charge in [-0.1, -0.05) is 107 Å². The summed E-state index contributed by atoms with van der Waals surface area (Å²) in [5.41, 5.74) is 1.76. The van der Waals surface area contributed by atoms with Crippen molar-refractivity contribution in [1.29, 1.82) is 0 Å². The van der Waals surface area contributed by atoms with Gasteiger partial charge in [-0.15, -0.1) is 4.52 Å². The van der Waals surface area contributed by atoms with Crippen LogP contribution in [0.2, 0.25) is 18.1 Å². The zero-order valence-electron chi connectivity index (χ0n) is 38.9. The van der Waals surface area contributed by atoms with Gasteiger partial charge in [0, 0.05) is 126 Å². The molecule has 6 atom stereocenters. The molecule has 14 nitrogen and oxygen atoms in total. The average molecular weight is 1230 g/mol. The molecule has 0 saturated carbocycles. The van der Waals surface area contributed by atoms with Crippen LogP contribution in [-0.2, 0) is 153 Å². The van der Waals surface area contributed by atoms with Gasteiger partial charge in [0.2, 0.25) is 11.9 Å². The van der Waals surface area contributed by atoms with Crippen molar-refractivity contribution in [1.82, 2.24) is 19.5 Å². The number of fused-ring (bicyclic) bond motifs is 1. The lowest BCUT2D eigenvalue weighted by Crippen LogP contribution is -2.50. The number of aromatic nitrogens is 4. The van der Waals surface area contributed by atoms with Gasteiger partial charge in [0.1, 0.15) is 23.6 Å². The second kappa shape index (κ2) is 28.2. The monoisotopic (exact) mass is 1230 g/mol. The van der Waals surface area contributed by atoms with Crippen LogP contribution >= 0.6 is 8.25 Å². The predicted molar refractivity (Wildman–Crippen MR) is 312 cm³/mol. The molecular weight excluding hydrogens is 1180 g/mol. The minimum Gasteiger partial charge on any atom is -0.566 e. The summed E-state index contributed by atoms with van der Waals surface area (Å²) in [4.78, 5) is 49.7. The van der Waals surface area contributed by atoms with Crippen molar-refractivity contribution >= 4 is 160 Å². The van der Waals surface area contributed by atoms with E-state index in [1.807, 2.05) is 85.8 Å². The Hall–Kier alpha value is -1.74. The molecule has 6 rings (SSSR count). The fourth-order valence-corrected chi connectivity index (χ4v) is 33.2. The number of carbonyl (C=O) groups excluding carboxylic acids is 1. The lowest BCUT2D eigenvalue weighted by atomic mass is 9.79. The number of rotatable bonds is 14. The SMILES string of the molecule is COc1ccc(C(OC[C@H]2O[C@@H](n3cnc4c(=O)[nH]c(NC(=O)C(C)C)nc43)[C@@H](O[P+](=O)[O-])C2O[Si](C)(C)C(C)(C)C)(c2ccccc2)c2ccc(C)cc2)cc1.S=S=S=S=S=S=S=S=S=S=S=S=S. The zero-order chi connectivity index (χ0) is 51.1.